The first-order valence-corrected chi connectivity index (χ1v) is 10.2. The van der Waals surface area contributed by atoms with E-state index in [1.807, 2.05) is 49.0 Å². The largest absolute Gasteiger partial charge is 0.494 e. The molecule has 1 aliphatic carbocycles. The van der Waals surface area contributed by atoms with Crippen LogP contribution in [0.1, 0.15) is 47.4 Å². The highest BCUT2D eigenvalue weighted by Gasteiger charge is 2.28. The Hall–Kier alpha value is -3.75. The molecule has 0 fully saturated rings. The number of benzene rings is 1. The maximum absolute atomic E-state index is 5.60. The van der Waals surface area contributed by atoms with Gasteiger partial charge in [0.1, 0.15) is 5.75 Å². The summed E-state index contributed by atoms with van der Waals surface area (Å²) in [6.07, 6.45) is 8.54. The predicted molar refractivity (Wildman–Crippen MR) is 114 cm³/mol. The number of aromatic nitrogens is 6. The molecule has 31 heavy (non-hydrogen) atoms. The number of imidazole rings is 1. The van der Waals surface area contributed by atoms with Gasteiger partial charge >= 0.3 is 0 Å². The quantitative estimate of drug-likeness (QED) is 0.522. The molecule has 5 rings (SSSR count). The van der Waals surface area contributed by atoms with Crippen molar-refractivity contribution in [2.45, 2.75) is 39.0 Å². The summed E-state index contributed by atoms with van der Waals surface area (Å²) in [6, 6.07) is 5.87. The van der Waals surface area contributed by atoms with Gasteiger partial charge in [0.25, 0.3) is 0 Å². The minimum atomic E-state index is -0.00473. The fourth-order valence-corrected chi connectivity index (χ4v) is 3.95. The first-order valence-electron chi connectivity index (χ1n) is 10.2. The fourth-order valence-electron chi connectivity index (χ4n) is 3.95. The average Bonchev–Trinajstić information content (AvgIpc) is 3.41. The summed E-state index contributed by atoms with van der Waals surface area (Å²) in [5.74, 6) is 2.49. The average molecular weight is 417 g/mol. The van der Waals surface area contributed by atoms with Gasteiger partial charge in [-0.05, 0) is 50.8 Å². The summed E-state index contributed by atoms with van der Waals surface area (Å²) in [4.78, 5) is 18.0. The van der Waals surface area contributed by atoms with Crippen molar-refractivity contribution in [1.82, 2.24) is 29.7 Å². The second kappa shape index (κ2) is 7.82. The van der Waals surface area contributed by atoms with Gasteiger partial charge in [-0.3, -0.25) is 0 Å². The van der Waals surface area contributed by atoms with E-state index in [0.717, 1.165) is 53.3 Å². The standard InChI is InChI=1S/C22H23N7O2/c1-13-11-29(12-24-13)18-8-7-16(9-19(18)30-3)26-22-23-10-15-5-4-6-17(20(15)27-22)21-25-14(2)28-31-21/h7-12,17H,4-6H2,1-3H3,(H,23,26,27). The van der Waals surface area contributed by atoms with Gasteiger partial charge in [0.15, 0.2) is 5.82 Å². The second-order valence-corrected chi connectivity index (χ2v) is 7.66. The summed E-state index contributed by atoms with van der Waals surface area (Å²) in [6.45, 7) is 3.78. The van der Waals surface area contributed by atoms with E-state index < -0.39 is 0 Å². The van der Waals surface area contributed by atoms with Crippen molar-refractivity contribution in [3.05, 3.63) is 65.6 Å². The Labute approximate surface area is 179 Å². The van der Waals surface area contributed by atoms with Crippen molar-refractivity contribution in [3.63, 3.8) is 0 Å². The molecule has 0 amide bonds. The van der Waals surface area contributed by atoms with Gasteiger partial charge in [-0.1, -0.05) is 5.16 Å². The lowest BCUT2D eigenvalue weighted by Gasteiger charge is -2.22. The second-order valence-electron chi connectivity index (χ2n) is 7.66. The maximum atomic E-state index is 5.60. The number of rotatable bonds is 5. The third-order valence-corrected chi connectivity index (χ3v) is 5.43. The summed E-state index contributed by atoms with van der Waals surface area (Å²) in [7, 11) is 1.65. The molecule has 1 aliphatic rings. The third-order valence-electron chi connectivity index (χ3n) is 5.43. The van der Waals surface area contributed by atoms with E-state index in [4.69, 9.17) is 14.2 Å². The Morgan fingerprint density at radius 1 is 1.19 bits per heavy atom. The van der Waals surface area contributed by atoms with E-state index in [9.17, 15) is 0 Å². The topological polar surface area (TPSA) is 104 Å². The van der Waals surface area contributed by atoms with Gasteiger partial charge in [0.2, 0.25) is 11.8 Å². The number of fused-ring (bicyclic) bond motifs is 1. The highest BCUT2D eigenvalue weighted by atomic mass is 16.5. The Morgan fingerprint density at radius 3 is 2.84 bits per heavy atom. The van der Waals surface area contributed by atoms with Gasteiger partial charge in [0, 0.05) is 24.1 Å². The Balaban J connectivity index is 1.44. The van der Waals surface area contributed by atoms with E-state index >= 15 is 0 Å². The summed E-state index contributed by atoms with van der Waals surface area (Å²) < 4.78 is 13.0. The molecular formula is C22H23N7O2. The summed E-state index contributed by atoms with van der Waals surface area (Å²) >= 11 is 0. The van der Waals surface area contributed by atoms with Crippen molar-refractivity contribution in [1.29, 1.82) is 0 Å². The van der Waals surface area contributed by atoms with Crippen molar-refractivity contribution in [2.75, 3.05) is 12.4 Å². The van der Waals surface area contributed by atoms with Crippen molar-refractivity contribution in [3.8, 4) is 11.4 Å². The molecule has 0 saturated heterocycles. The Bertz CT molecular complexity index is 1230. The zero-order valence-corrected chi connectivity index (χ0v) is 17.7. The Morgan fingerprint density at radius 2 is 2.10 bits per heavy atom. The molecule has 1 aromatic carbocycles. The highest BCUT2D eigenvalue weighted by Crippen LogP contribution is 2.35. The van der Waals surface area contributed by atoms with Crippen molar-refractivity contribution in [2.24, 2.45) is 0 Å². The molecule has 9 heteroatoms. The monoisotopic (exact) mass is 417 g/mol. The lowest BCUT2D eigenvalue weighted by molar-refractivity contribution is 0.349. The van der Waals surface area contributed by atoms with Gasteiger partial charge in [-0.2, -0.15) is 4.98 Å². The van der Waals surface area contributed by atoms with Crippen LogP contribution in [0.5, 0.6) is 5.75 Å². The lowest BCUT2D eigenvalue weighted by atomic mass is 9.87. The number of aryl methyl sites for hydroxylation is 3. The fraction of sp³-hybridized carbons (Fsp3) is 0.318. The van der Waals surface area contributed by atoms with E-state index in [1.165, 1.54) is 0 Å². The lowest BCUT2D eigenvalue weighted by Crippen LogP contribution is -2.15. The first-order chi connectivity index (χ1) is 15.1. The Kier molecular flexibility index (Phi) is 4.85. The number of nitrogens with zero attached hydrogens (tertiary/aromatic N) is 6. The van der Waals surface area contributed by atoms with E-state index in [2.05, 4.69) is 25.4 Å². The van der Waals surface area contributed by atoms with Crippen LogP contribution in [0, 0.1) is 13.8 Å². The van der Waals surface area contributed by atoms with E-state index in [-0.39, 0.29) is 5.92 Å². The molecule has 0 aliphatic heterocycles. The molecule has 0 bridgehead atoms. The number of hydrogen-bond donors (Lipinski definition) is 1. The van der Waals surface area contributed by atoms with Crippen LogP contribution in [-0.4, -0.2) is 36.8 Å². The van der Waals surface area contributed by atoms with Crippen LogP contribution in [0.4, 0.5) is 11.6 Å². The highest BCUT2D eigenvalue weighted by molar-refractivity contribution is 5.62. The first kappa shape index (κ1) is 19.2. The minimum absolute atomic E-state index is 0.00473. The zero-order valence-electron chi connectivity index (χ0n) is 17.7. The molecular weight excluding hydrogens is 394 g/mol. The van der Waals surface area contributed by atoms with E-state index in [0.29, 0.717) is 17.7 Å². The molecule has 1 N–H and O–H groups in total. The molecule has 0 radical (unpaired) electrons. The van der Waals surface area contributed by atoms with Gasteiger partial charge < -0.3 is 19.1 Å². The number of hydrogen-bond acceptors (Lipinski definition) is 8. The smallest absolute Gasteiger partial charge is 0.235 e. The van der Waals surface area contributed by atoms with Gasteiger partial charge in [-0.15, -0.1) is 0 Å². The molecule has 9 nitrogen and oxygen atoms in total. The van der Waals surface area contributed by atoms with Crippen molar-refractivity contribution >= 4 is 11.6 Å². The third kappa shape index (κ3) is 3.74. The maximum Gasteiger partial charge on any atom is 0.235 e. The number of methoxy groups -OCH3 is 1. The van der Waals surface area contributed by atoms with Crippen LogP contribution in [0.25, 0.3) is 5.69 Å². The SMILES string of the molecule is COc1cc(Nc2ncc3c(n2)C(c2nc(C)no2)CCC3)ccc1-n1cnc(C)c1. The molecule has 3 heterocycles. The number of nitrogens with one attached hydrogen (secondary N) is 1. The molecule has 4 aromatic rings. The summed E-state index contributed by atoms with van der Waals surface area (Å²) in [5, 5.41) is 7.24. The predicted octanol–water partition coefficient (Wildman–Crippen LogP) is 3.88. The van der Waals surface area contributed by atoms with Crippen LogP contribution in [0.2, 0.25) is 0 Å². The normalized spacial score (nSPS) is 15.5. The molecule has 3 aromatic heterocycles. The van der Waals surface area contributed by atoms with Crippen LogP contribution < -0.4 is 10.1 Å². The summed E-state index contributed by atoms with van der Waals surface area (Å²) in [5.41, 5.74) is 4.76. The molecule has 1 atom stereocenters. The van der Waals surface area contributed by atoms with Crippen LogP contribution >= 0.6 is 0 Å². The number of anilines is 2. The van der Waals surface area contributed by atoms with Gasteiger partial charge in [-0.25, -0.2) is 15.0 Å². The van der Waals surface area contributed by atoms with Crippen molar-refractivity contribution < 1.29 is 9.26 Å². The van der Waals surface area contributed by atoms with Crippen LogP contribution in [0.15, 0.2) is 41.4 Å². The molecule has 0 spiro atoms. The minimum Gasteiger partial charge on any atom is -0.494 e. The van der Waals surface area contributed by atoms with E-state index in [1.54, 1.807) is 13.4 Å². The molecule has 0 saturated carbocycles. The molecule has 158 valence electrons. The zero-order chi connectivity index (χ0) is 21.4. The number of ether oxygens (including phenoxy) is 1. The molecule has 1 unspecified atom stereocenters. The van der Waals surface area contributed by atoms with Gasteiger partial charge in [0.05, 0.1) is 36.4 Å². The van der Waals surface area contributed by atoms with Crippen LogP contribution in [0.3, 0.4) is 0 Å². The van der Waals surface area contributed by atoms with Crippen LogP contribution in [-0.2, 0) is 6.42 Å².